The zero-order valence-corrected chi connectivity index (χ0v) is 17.3. The molecule has 0 bridgehead atoms. The highest BCUT2D eigenvalue weighted by atomic mass is 35.5. The van der Waals surface area contributed by atoms with Crippen molar-refractivity contribution in [1.29, 1.82) is 10.5 Å². The number of aromatic nitrogens is 2. The average molecular weight is 445 g/mol. The van der Waals surface area contributed by atoms with Gasteiger partial charge in [-0.3, -0.25) is 4.90 Å². The van der Waals surface area contributed by atoms with Gasteiger partial charge < -0.3 is 10.1 Å². The van der Waals surface area contributed by atoms with Gasteiger partial charge in [0, 0.05) is 49.7 Å². The third kappa shape index (κ3) is 4.53. The van der Waals surface area contributed by atoms with E-state index in [1.807, 2.05) is 11.0 Å². The molecule has 3 heterocycles. The van der Waals surface area contributed by atoms with Crippen LogP contribution in [0.5, 0.6) is 5.88 Å². The summed E-state index contributed by atoms with van der Waals surface area (Å²) in [5.41, 5.74) is 2.32. The lowest BCUT2D eigenvalue weighted by Crippen LogP contribution is -2.35. The average Bonchev–Trinajstić information content (AvgIpc) is 2.73. The largest absolute Gasteiger partial charge is 0.474 e. The molecule has 0 saturated heterocycles. The van der Waals surface area contributed by atoms with Gasteiger partial charge >= 0.3 is 0 Å². The Bertz CT molecular complexity index is 1080. The normalized spacial score (nSPS) is 20.2. The molecule has 31 heavy (non-hydrogen) atoms. The number of hydrogen-bond acceptors (Lipinski definition) is 7. The number of nitrogens with one attached hydrogen (secondary N) is 1. The van der Waals surface area contributed by atoms with Gasteiger partial charge in [-0.15, -0.1) is 0 Å². The first-order valence-electron chi connectivity index (χ1n) is 9.89. The van der Waals surface area contributed by atoms with Crippen molar-refractivity contribution in [3.8, 4) is 18.0 Å². The Kier molecular flexibility index (Phi) is 6.17. The fourth-order valence-electron chi connectivity index (χ4n) is 3.82. The molecule has 2 aliphatic rings. The number of ether oxygens (including phenoxy) is 1. The molecule has 0 atom stereocenters. The maximum Gasteiger partial charge on any atom is 0.220 e. The van der Waals surface area contributed by atoms with E-state index < -0.39 is 12.1 Å². The Morgan fingerprint density at radius 3 is 2.74 bits per heavy atom. The molecule has 1 fully saturated rings. The Morgan fingerprint density at radius 1 is 1.26 bits per heavy atom. The summed E-state index contributed by atoms with van der Waals surface area (Å²) in [6.07, 6.45) is 0.0601. The van der Waals surface area contributed by atoms with Crippen LogP contribution in [0.15, 0.2) is 12.1 Å². The molecule has 0 unspecified atom stereocenters. The third-order valence-corrected chi connectivity index (χ3v) is 5.77. The van der Waals surface area contributed by atoms with Crippen molar-refractivity contribution in [2.75, 3.05) is 18.4 Å². The van der Waals surface area contributed by atoms with E-state index in [0.29, 0.717) is 55.8 Å². The highest BCUT2D eigenvalue weighted by Crippen LogP contribution is 2.32. The first kappa shape index (κ1) is 21.2. The van der Waals surface area contributed by atoms with Crippen LogP contribution in [0.1, 0.15) is 35.1 Å². The number of alkyl halides is 1. The van der Waals surface area contributed by atoms with E-state index in [4.69, 9.17) is 21.6 Å². The Hall–Kier alpha value is -3.01. The van der Waals surface area contributed by atoms with Crippen LogP contribution in [0.25, 0.3) is 0 Å². The molecule has 2 aromatic rings. The fourth-order valence-corrected chi connectivity index (χ4v) is 4.06. The van der Waals surface area contributed by atoms with Crippen LogP contribution in [0.3, 0.4) is 0 Å². The number of hydrogen-bond donors (Lipinski definition) is 1. The predicted molar refractivity (Wildman–Crippen MR) is 109 cm³/mol. The van der Waals surface area contributed by atoms with E-state index in [2.05, 4.69) is 21.4 Å². The minimum atomic E-state index is -0.852. The van der Waals surface area contributed by atoms with E-state index in [-0.39, 0.29) is 23.7 Å². The highest BCUT2D eigenvalue weighted by Gasteiger charge is 2.31. The zero-order valence-electron chi connectivity index (χ0n) is 16.5. The monoisotopic (exact) mass is 444 g/mol. The van der Waals surface area contributed by atoms with Crippen molar-refractivity contribution in [1.82, 2.24) is 14.9 Å². The van der Waals surface area contributed by atoms with Crippen molar-refractivity contribution < 1.29 is 13.5 Å². The van der Waals surface area contributed by atoms with Crippen molar-refractivity contribution in [3.63, 3.8) is 0 Å². The molecule has 160 valence electrons. The predicted octanol–water partition coefficient (Wildman–Crippen LogP) is 3.51. The molecule has 1 aliphatic heterocycles. The molecule has 4 rings (SSSR count). The summed E-state index contributed by atoms with van der Waals surface area (Å²) in [6.45, 7) is 1.36. The summed E-state index contributed by atoms with van der Waals surface area (Å²) in [4.78, 5) is 10.1. The number of fused-ring (bicyclic) bond motifs is 1. The maximum atomic E-state index is 14.6. The fraction of sp³-hybridized carbons (Fsp3) is 0.429. The molecular formula is C21H19ClF2N6O. The van der Waals surface area contributed by atoms with Crippen LogP contribution in [0.4, 0.5) is 14.6 Å². The van der Waals surface area contributed by atoms with Gasteiger partial charge in [-0.05, 0) is 18.1 Å². The third-order valence-electron chi connectivity index (χ3n) is 5.49. The van der Waals surface area contributed by atoms with Gasteiger partial charge in [-0.25, -0.2) is 9.37 Å². The topological polar surface area (TPSA) is 97.9 Å². The number of pyridine rings is 2. The van der Waals surface area contributed by atoms with Crippen LogP contribution in [-0.4, -0.2) is 40.2 Å². The summed E-state index contributed by atoms with van der Waals surface area (Å²) in [5, 5.41) is 21.4. The second kappa shape index (κ2) is 9.01. The lowest BCUT2D eigenvalue weighted by molar-refractivity contribution is 0.0371. The SMILES string of the molecule is N#CCNc1nc(Cl)c(C#N)c2c1CN(Cc1ccc(O[C@H]3C[C@H](F)C3)nc1F)CC2. The van der Waals surface area contributed by atoms with Crippen LogP contribution in [0, 0.1) is 28.6 Å². The number of nitrogens with zero attached hydrogens (tertiary/aromatic N) is 5. The van der Waals surface area contributed by atoms with E-state index >= 15 is 0 Å². The maximum absolute atomic E-state index is 14.6. The van der Waals surface area contributed by atoms with Crippen LogP contribution in [-0.2, 0) is 19.5 Å². The molecule has 2 aromatic heterocycles. The van der Waals surface area contributed by atoms with Gasteiger partial charge in [0.1, 0.15) is 35.9 Å². The Labute approximate surface area is 183 Å². The minimum Gasteiger partial charge on any atom is -0.474 e. The van der Waals surface area contributed by atoms with Crippen LogP contribution >= 0.6 is 11.6 Å². The first-order chi connectivity index (χ1) is 15.0. The zero-order chi connectivity index (χ0) is 22.0. The van der Waals surface area contributed by atoms with Crippen molar-refractivity contribution >= 4 is 17.4 Å². The van der Waals surface area contributed by atoms with Gasteiger partial charge in [0.15, 0.2) is 0 Å². The molecule has 1 N–H and O–H groups in total. The second-order valence-electron chi connectivity index (χ2n) is 7.58. The standard InChI is InChI=1S/C21H19ClF2N6O/c22-19-16(9-26)15-3-6-30(11-17(15)21(29-19)27-5-4-25)10-12-1-2-18(28-20(12)24)31-14-7-13(23)8-14/h1-2,13-14H,3,5-8,10-11H2,(H,27,29)/t13-,14-. The van der Waals surface area contributed by atoms with E-state index in [1.165, 1.54) is 0 Å². The smallest absolute Gasteiger partial charge is 0.220 e. The molecule has 1 aliphatic carbocycles. The molecule has 7 nitrogen and oxygen atoms in total. The summed E-state index contributed by atoms with van der Waals surface area (Å²) in [5.74, 6) is -0.0175. The summed E-state index contributed by atoms with van der Waals surface area (Å²) in [6, 6.07) is 7.31. The molecule has 1 saturated carbocycles. The van der Waals surface area contributed by atoms with E-state index in [0.717, 1.165) is 11.1 Å². The van der Waals surface area contributed by atoms with E-state index in [9.17, 15) is 14.0 Å². The lowest BCUT2D eigenvalue weighted by Gasteiger charge is -2.31. The molecule has 0 amide bonds. The molecule has 0 aromatic carbocycles. The summed E-state index contributed by atoms with van der Waals surface area (Å²) < 4.78 is 33.0. The highest BCUT2D eigenvalue weighted by molar-refractivity contribution is 6.30. The second-order valence-corrected chi connectivity index (χ2v) is 7.93. The summed E-state index contributed by atoms with van der Waals surface area (Å²) >= 11 is 6.15. The first-order valence-corrected chi connectivity index (χ1v) is 10.3. The van der Waals surface area contributed by atoms with Gasteiger partial charge in [-0.1, -0.05) is 11.6 Å². The van der Waals surface area contributed by atoms with Gasteiger partial charge in [-0.2, -0.15) is 19.9 Å². The molecular weight excluding hydrogens is 426 g/mol. The number of rotatable bonds is 6. The van der Waals surface area contributed by atoms with Crippen molar-refractivity contribution in [2.24, 2.45) is 0 Å². The van der Waals surface area contributed by atoms with Gasteiger partial charge in [0.05, 0.1) is 11.6 Å². The van der Waals surface area contributed by atoms with Gasteiger partial charge in [0.2, 0.25) is 11.8 Å². The van der Waals surface area contributed by atoms with Gasteiger partial charge in [0.25, 0.3) is 0 Å². The van der Waals surface area contributed by atoms with E-state index in [1.54, 1.807) is 12.1 Å². The number of halogens is 3. The molecule has 0 radical (unpaired) electrons. The molecule has 0 spiro atoms. The molecule has 10 heteroatoms. The van der Waals surface area contributed by atoms with Crippen molar-refractivity contribution in [2.45, 2.75) is 44.6 Å². The van der Waals surface area contributed by atoms with Crippen LogP contribution in [0.2, 0.25) is 5.15 Å². The number of anilines is 1. The van der Waals surface area contributed by atoms with Crippen LogP contribution < -0.4 is 10.1 Å². The summed E-state index contributed by atoms with van der Waals surface area (Å²) in [7, 11) is 0. The minimum absolute atomic E-state index is 0.0474. The number of nitriles is 2. The van der Waals surface area contributed by atoms with Crippen molar-refractivity contribution in [3.05, 3.63) is 45.5 Å². The lowest BCUT2D eigenvalue weighted by atomic mass is 9.94. The quantitative estimate of drug-likeness (QED) is 0.537. The Morgan fingerprint density at radius 2 is 2.06 bits per heavy atom. The Balaban J connectivity index is 1.50.